The van der Waals surface area contributed by atoms with E-state index in [9.17, 15) is 14.0 Å². The number of carbonyl (C=O) groups is 1. The third kappa shape index (κ3) is 3.59. The van der Waals surface area contributed by atoms with Crippen molar-refractivity contribution in [2.24, 2.45) is 0 Å². The molecule has 0 saturated heterocycles. The minimum Gasteiger partial charge on any atom is -0.494 e. The molecular weight excluding hydrogens is 277 g/mol. The van der Waals surface area contributed by atoms with Crippen molar-refractivity contribution in [3.63, 3.8) is 0 Å². The van der Waals surface area contributed by atoms with E-state index in [1.807, 2.05) is 0 Å². The van der Waals surface area contributed by atoms with Crippen LogP contribution in [0.2, 0.25) is 0 Å². The van der Waals surface area contributed by atoms with Crippen LogP contribution >= 0.6 is 0 Å². The van der Waals surface area contributed by atoms with Crippen molar-refractivity contribution in [2.75, 3.05) is 18.2 Å². The maximum Gasteiger partial charge on any atom is 0.251 e. The highest BCUT2D eigenvalue weighted by atomic mass is 19.1. The molecule has 0 aliphatic heterocycles. The number of pyridine rings is 1. The molecule has 0 radical (unpaired) electrons. The van der Waals surface area contributed by atoms with E-state index in [1.54, 1.807) is 0 Å². The summed E-state index contributed by atoms with van der Waals surface area (Å²) in [5.41, 5.74) is 5.85. The van der Waals surface area contributed by atoms with E-state index < -0.39 is 11.7 Å². The van der Waals surface area contributed by atoms with Gasteiger partial charge < -0.3 is 20.4 Å². The molecule has 2 rings (SSSR count). The number of carbonyl (C=O) groups excluding carboxylic acids is 1. The highest BCUT2D eigenvalue weighted by molar-refractivity contribution is 5.90. The maximum atomic E-state index is 13.5. The molecule has 0 unspecified atom stereocenters. The Labute approximate surface area is 120 Å². The van der Waals surface area contributed by atoms with Gasteiger partial charge in [-0.15, -0.1) is 0 Å². The van der Waals surface area contributed by atoms with Crippen LogP contribution in [0, 0.1) is 5.82 Å². The highest BCUT2D eigenvalue weighted by Gasteiger charge is 2.08. The first kappa shape index (κ1) is 14.6. The van der Waals surface area contributed by atoms with E-state index in [-0.39, 0.29) is 23.5 Å². The van der Waals surface area contributed by atoms with Crippen LogP contribution in [-0.4, -0.2) is 17.6 Å². The number of halogens is 1. The first-order valence-corrected chi connectivity index (χ1v) is 6.09. The Morgan fingerprint density at radius 1 is 1.38 bits per heavy atom. The van der Waals surface area contributed by atoms with E-state index >= 15 is 0 Å². The van der Waals surface area contributed by atoms with Gasteiger partial charge in [-0.1, -0.05) is 0 Å². The Kier molecular flexibility index (Phi) is 4.22. The number of benzene rings is 1. The molecule has 6 nitrogen and oxygen atoms in total. The van der Waals surface area contributed by atoms with Crippen LogP contribution in [0.3, 0.4) is 0 Å². The van der Waals surface area contributed by atoms with Crippen LogP contribution in [0.5, 0.6) is 5.75 Å². The predicted octanol–water partition coefficient (Wildman–Crippen LogP) is 1.22. The summed E-state index contributed by atoms with van der Waals surface area (Å²) in [4.78, 5) is 23.4. The van der Waals surface area contributed by atoms with E-state index in [0.717, 1.165) is 6.07 Å². The van der Waals surface area contributed by atoms with Gasteiger partial charge in [0, 0.05) is 29.7 Å². The number of amides is 1. The second kappa shape index (κ2) is 6.08. The molecule has 0 bridgehead atoms. The van der Waals surface area contributed by atoms with Gasteiger partial charge in [0.2, 0.25) is 5.91 Å². The highest BCUT2D eigenvalue weighted by Crippen LogP contribution is 2.20. The lowest BCUT2D eigenvalue weighted by Crippen LogP contribution is -2.27. The molecule has 110 valence electrons. The molecule has 0 aliphatic rings. The van der Waals surface area contributed by atoms with Crippen LogP contribution in [0.15, 0.2) is 41.3 Å². The van der Waals surface area contributed by atoms with Crippen molar-refractivity contribution in [3.05, 3.63) is 52.7 Å². The lowest BCUT2D eigenvalue weighted by atomic mass is 10.3. The number of nitrogen functional groups attached to an aromatic ring is 1. The minimum atomic E-state index is -0.587. The minimum absolute atomic E-state index is 0.0834. The number of nitrogens with one attached hydrogen (secondary N) is 1. The number of rotatable bonds is 4. The van der Waals surface area contributed by atoms with Gasteiger partial charge in [-0.3, -0.25) is 9.59 Å². The van der Waals surface area contributed by atoms with Crippen LogP contribution in [0.1, 0.15) is 0 Å². The fourth-order valence-corrected chi connectivity index (χ4v) is 1.77. The molecule has 1 aromatic heterocycles. The van der Waals surface area contributed by atoms with Crippen molar-refractivity contribution in [2.45, 2.75) is 6.54 Å². The number of aromatic nitrogens is 1. The van der Waals surface area contributed by atoms with Gasteiger partial charge in [0.1, 0.15) is 6.54 Å². The van der Waals surface area contributed by atoms with Crippen LogP contribution in [-0.2, 0) is 11.3 Å². The molecule has 0 atom stereocenters. The fraction of sp³-hybridized carbons (Fsp3) is 0.143. The van der Waals surface area contributed by atoms with Gasteiger partial charge >= 0.3 is 0 Å². The number of nitrogens with two attached hydrogens (primary N) is 1. The van der Waals surface area contributed by atoms with E-state index in [1.165, 1.54) is 42.1 Å². The summed E-state index contributed by atoms with van der Waals surface area (Å²) in [6.07, 6.45) is 1.37. The summed E-state index contributed by atoms with van der Waals surface area (Å²) in [6, 6.07) is 6.77. The normalized spacial score (nSPS) is 10.2. The Balaban J connectivity index is 2.10. The van der Waals surface area contributed by atoms with Gasteiger partial charge in [0.15, 0.2) is 11.6 Å². The second-order valence-corrected chi connectivity index (χ2v) is 4.33. The smallest absolute Gasteiger partial charge is 0.251 e. The van der Waals surface area contributed by atoms with Crippen LogP contribution < -0.4 is 21.3 Å². The summed E-state index contributed by atoms with van der Waals surface area (Å²) < 4.78 is 19.5. The molecule has 2 aromatic rings. The molecule has 1 amide bonds. The third-order valence-corrected chi connectivity index (χ3v) is 2.76. The molecule has 21 heavy (non-hydrogen) atoms. The maximum absolute atomic E-state index is 13.5. The average Bonchev–Trinajstić information content (AvgIpc) is 2.43. The average molecular weight is 291 g/mol. The first-order valence-electron chi connectivity index (χ1n) is 6.09. The number of hydrogen-bond acceptors (Lipinski definition) is 4. The lowest BCUT2D eigenvalue weighted by Gasteiger charge is -2.09. The van der Waals surface area contributed by atoms with Gasteiger partial charge in [0.25, 0.3) is 5.56 Å². The number of ether oxygens (including phenoxy) is 1. The fourth-order valence-electron chi connectivity index (χ4n) is 1.77. The molecule has 1 heterocycles. The number of nitrogens with zero attached hydrogens (tertiary/aromatic N) is 1. The largest absolute Gasteiger partial charge is 0.494 e. The summed E-state index contributed by atoms with van der Waals surface area (Å²) in [5.74, 6) is -0.969. The van der Waals surface area contributed by atoms with Crippen molar-refractivity contribution >= 4 is 17.3 Å². The molecule has 0 saturated carbocycles. The van der Waals surface area contributed by atoms with E-state index in [0.29, 0.717) is 5.69 Å². The zero-order chi connectivity index (χ0) is 15.4. The molecular formula is C14H14FN3O3. The SMILES string of the molecule is COc1ccc(NC(=O)Cn2cc(N)ccc2=O)cc1F. The number of anilines is 2. The molecule has 1 aromatic carbocycles. The number of methoxy groups -OCH3 is 1. The molecule has 7 heteroatoms. The summed E-state index contributed by atoms with van der Waals surface area (Å²) in [7, 11) is 1.35. The van der Waals surface area contributed by atoms with E-state index in [4.69, 9.17) is 10.5 Å². The topological polar surface area (TPSA) is 86.3 Å². The summed E-state index contributed by atoms with van der Waals surface area (Å²) in [6.45, 7) is -0.211. The molecule has 0 fully saturated rings. The van der Waals surface area contributed by atoms with Gasteiger partial charge in [-0.2, -0.15) is 0 Å². The lowest BCUT2D eigenvalue weighted by molar-refractivity contribution is -0.116. The van der Waals surface area contributed by atoms with Gasteiger partial charge in [-0.05, 0) is 18.2 Å². The summed E-state index contributed by atoms with van der Waals surface area (Å²) in [5, 5.41) is 2.49. The molecule has 0 aliphatic carbocycles. The van der Waals surface area contributed by atoms with Crippen LogP contribution in [0.25, 0.3) is 0 Å². The zero-order valence-corrected chi connectivity index (χ0v) is 11.3. The standard InChI is InChI=1S/C14H14FN3O3/c1-21-12-4-3-10(6-11(12)15)17-13(19)8-18-7-9(16)2-5-14(18)20/h2-7H,8,16H2,1H3,(H,17,19). The van der Waals surface area contributed by atoms with E-state index in [2.05, 4.69) is 5.32 Å². The quantitative estimate of drug-likeness (QED) is 0.886. The van der Waals surface area contributed by atoms with Crippen molar-refractivity contribution < 1.29 is 13.9 Å². The van der Waals surface area contributed by atoms with Crippen molar-refractivity contribution in [1.29, 1.82) is 0 Å². The Morgan fingerprint density at radius 2 is 2.14 bits per heavy atom. The Bertz CT molecular complexity index is 728. The monoisotopic (exact) mass is 291 g/mol. The van der Waals surface area contributed by atoms with Crippen molar-refractivity contribution in [3.8, 4) is 5.75 Å². The van der Waals surface area contributed by atoms with Gasteiger partial charge in [-0.25, -0.2) is 4.39 Å². The molecule has 3 N–H and O–H groups in total. The Hall–Kier alpha value is -2.83. The molecule has 0 spiro atoms. The second-order valence-electron chi connectivity index (χ2n) is 4.33. The van der Waals surface area contributed by atoms with Gasteiger partial charge in [0.05, 0.1) is 7.11 Å². The van der Waals surface area contributed by atoms with Crippen LogP contribution in [0.4, 0.5) is 15.8 Å². The summed E-state index contributed by atoms with van der Waals surface area (Å²) >= 11 is 0. The predicted molar refractivity (Wildman–Crippen MR) is 76.7 cm³/mol. The zero-order valence-electron chi connectivity index (χ0n) is 11.3. The number of hydrogen-bond donors (Lipinski definition) is 2. The third-order valence-electron chi connectivity index (χ3n) is 2.76. The Morgan fingerprint density at radius 3 is 2.81 bits per heavy atom. The first-order chi connectivity index (χ1) is 9.99. The van der Waals surface area contributed by atoms with Crippen molar-refractivity contribution in [1.82, 2.24) is 4.57 Å².